The van der Waals surface area contributed by atoms with Gasteiger partial charge in [0.05, 0.1) is 16.8 Å². The minimum atomic E-state index is -0.512. The Kier molecular flexibility index (Phi) is 6.50. The maximum atomic E-state index is 13.2. The molecule has 8 nitrogen and oxygen atoms in total. The fourth-order valence-corrected chi connectivity index (χ4v) is 3.81. The molecule has 0 aliphatic rings. The summed E-state index contributed by atoms with van der Waals surface area (Å²) >= 11 is 0. The highest BCUT2D eigenvalue weighted by atomic mass is 19.1. The van der Waals surface area contributed by atoms with Crippen LogP contribution in [0.3, 0.4) is 0 Å². The van der Waals surface area contributed by atoms with E-state index in [1.165, 1.54) is 47.2 Å². The number of rotatable bonds is 8. The highest BCUT2D eigenvalue weighted by Crippen LogP contribution is 2.30. The van der Waals surface area contributed by atoms with Gasteiger partial charge in [-0.05, 0) is 65.4 Å². The van der Waals surface area contributed by atoms with Gasteiger partial charge in [-0.15, -0.1) is 5.10 Å². The standard InChI is InChI=1S/C28H19FN4O4/c29-21-8-12-23(13-9-21)32-17-22(30-31-32)18-37-28-16-7-19-3-1-2-4-25(19)26(28)14-15-27(34)20-5-10-24(11-6-20)33(35)36/h1-17H,18H2/b15-14+. The van der Waals surface area contributed by atoms with Crippen LogP contribution in [0.1, 0.15) is 21.6 Å². The van der Waals surface area contributed by atoms with Crippen LogP contribution in [-0.2, 0) is 6.61 Å². The lowest BCUT2D eigenvalue weighted by molar-refractivity contribution is -0.384. The van der Waals surface area contributed by atoms with Crippen LogP contribution in [-0.4, -0.2) is 25.7 Å². The molecule has 0 amide bonds. The summed E-state index contributed by atoms with van der Waals surface area (Å²) in [4.78, 5) is 23.1. The van der Waals surface area contributed by atoms with Crippen molar-refractivity contribution in [3.63, 3.8) is 0 Å². The molecule has 0 atom stereocenters. The van der Waals surface area contributed by atoms with E-state index in [1.807, 2.05) is 36.4 Å². The number of halogens is 1. The van der Waals surface area contributed by atoms with Gasteiger partial charge < -0.3 is 4.74 Å². The van der Waals surface area contributed by atoms with Crippen LogP contribution in [0.5, 0.6) is 5.75 Å². The number of hydrogen-bond acceptors (Lipinski definition) is 6. The third-order valence-electron chi connectivity index (χ3n) is 5.70. The molecule has 0 spiro atoms. The molecule has 0 fully saturated rings. The lowest BCUT2D eigenvalue weighted by atomic mass is 10.0. The molecular weight excluding hydrogens is 475 g/mol. The lowest BCUT2D eigenvalue weighted by Crippen LogP contribution is -1.99. The average Bonchev–Trinajstić information content (AvgIpc) is 3.40. The first-order chi connectivity index (χ1) is 18.0. The number of nitro benzene ring substituents is 1. The topological polar surface area (TPSA) is 100 Å². The molecule has 0 N–H and O–H groups in total. The second kappa shape index (κ2) is 10.2. The first-order valence-electron chi connectivity index (χ1n) is 11.3. The third kappa shape index (κ3) is 5.25. The van der Waals surface area contributed by atoms with Gasteiger partial charge in [-0.25, -0.2) is 9.07 Å². The van der Waals surface area contributed by atoms with Gasteiger partial charge in [0.1, 0.15) is 23.9 Å². The maximum Gasteiger partial charge on any atom is 0.269 e. The molecule has 0 unspecified atom stereocenters. The van der Waals surface area contributed by atoms with Crippen LogP contribution < -0.4 is 4.74 Å². The number of non-ortho nitro benzene ring substituents is 1. The molecule has 0 saturated carbocycles. The number of carbonyl (C=O) groups excluding carboxylic acids is 1. The van der Waals surface area contributed by atoms with Gasteiger partial charge in [-0.2, -0.15) is 0 Å². The molecule has 5 aromatic rings. The molecule has 9 heteroatoms. The van der Waals surface area contributed by atoms with Crippen LogP contribution in [0.2, 0.25) is 0 Å². The minimum absolute atomic E-state index is 0.0818. The number of nitrogens with zero attached hydrogens (tertiary/aromatic N) is 4. The van der Waals surface area contributed by atoms with Crippen LogP contribution in [0.15, 0.2) is 97.2 Å². The van der Waals surface area contributed by atoms with E-state index in [4.69, 9.17) is 4.74 Å². The normalized spacial score (nSPS) is 11.2. The molecule has 4 aromatic carbocycles. The van der Waals surface area contributed by atoms with E-state index in [2.05, 4.69) is 10.3 Å². The van der Waals surface area contributed by atoms with Gasteiger partial charge in [0.15, 0.2) is 5.78 Å². The molecule has 0 aliphatic carbocycles. The van der Waals surface area contributed by atoms with Crippen molar-refractivity contribution in [2.45, 2.75) is 6.61 Å². The van der Waals surface area contributed by atoms with E-state index < -0.39 is 4.92 Å². The largest absolute Gasteiger partial charge is 0.487 e. The SMILES string of the molecule is O=C(/C=C/c1c(OCc2cn(-c3ccc(F)cc3)nn2)ccc2ccccc12)c1ccc([N+](=O)[O-])cc1. The molecule has 5 rings (SSSR count). The van der Waals surface area contributed by atoms with Crippen molar-refractivity contribution in [3.8, 4) is 11.4 Å². The summed E-state index contributed by atoms with van der Waals surface area (Å²) in [6, 6.07) is 22.8. The molecule has 0 saturated heterocycles. The van der Waals surface area contributed by atoms with E-state index >= 15 is 0 Å². The van der Waals surface area contributed by atoms with E-state index in [9.17, 15) is 19.3 Å². The van der Waals surface area contributed by atoms with Crippen molar-refractivity contribution >= 4 is 28.3 Å². The fourth-order valence-electron chi connectivity index (χ4n) is 3.81. The van der Waals surface area contributed by atoms with Crippen molar-refractivity contribution in [2.75, 3.05) is 0 Å². The Hall–Kier alpha value is -5.18. The number of benzene rings is 4. The van der Waals surface area contributed by atoms with Gasteiger partial charge in [-0.1, -0.05) is 35.5 Å². The zero-order valence-corrected chi connectivity index (χ0v) is 19.3. The zero-order chi connectivity index (χ0) is 25.8. The number of hydrogen-bond donors (Lipinski definition) is 0. The Balaban J connectivity index is 1.39. The van der Waals surface area contributed by atoms with Gasteiger partial charge >= 0.3 is 0 Å². The van der Waals surface area contributed by atoms with Crippen LogP contribution in [0, 0.1) is 15.9 Å². The summed E-state index contributed by atoms with van der Waals surface area (Å²) in [5.74, 6) is -0.0878. The minimum Gasteiger partial charge on any atom is -0.487 e. The molecule has 0 bridgehead atoms. The highest BCUT2D eigenvalue weighted by Gasteiger charge is 2.11. The summed E-state index contributed by atoms with van der Waals surface area (Å²) in [5.41, 5.74) is 2.19. The fraction of sp³-hybridized carbons (Fsp3) is 0.0357. The van der Waals surface area contributed by atoms with Gasteiger partial charge in [-0.3, -0.25) is 14.9 Å². The Morgan fingerprint density at radius 2 is 1.76 bits per heavy atom. The molecule has 0 radical (unpaired) electrons. The van der Waals surface area contributed by atoms with Crippen molar-refractivity contribution in [3.05, 3.63) is 130 Å². The number of fused-ring (bicyclic) bond motifs is 1. The summed E-state index contributed by atoms with van der Waals surface area (Å²) in [6.45, 7) is 0.122. The quantitative estimate of drug-likeness (QED) is 0.114. The summed E-state index contributed by atoms with van der Waals surface area (Å²) in [7, 11) is 0. The molecule has 0 aliphatic heterocycles. The van der Waals surface area contributed by atoms with Crippen LogP contribution in [0.25, 0.3) is 22.5 Å². The first kappa shape index (κ1) is 23.6. The Labute approximate surface area is 210 Å². The maximum absolute atomic E-state index is 13.2. The smallest absolute Gasteiger partial charge is 0.269 e. The number of allylic oxidation sites excluding steroid dienone is 1. The average molecular weight is 494 g/mol. The first-order valence-corrected chi connectivity index (χ1v) is 11.3. The van der Waals surface area contributed by atoms with E-state index in [0.29, 0.717) is 28.3 Å². The lowest BCUT2D eigenvalue weighted by Gasteiger charge is -2.11. The van der Waals surface area contributed by atoms with Gasteiger partial charge in [0, 0.05) is 23.3 Å². The second-order valence-electron chi connectivity index (χ2n) is 8.12. The zero-order valence-electron chi connectivity index (χ0n) is 19.3. The third-order valence-corrected chi connectivity index (χ3v) is 5.70. The summed E-state index contributed by atoms with van der Waals surface area (Å²) < 4.78 is 20.8. The van der Waals surface area contributed by atoms with Crippen LogP contribution in [0.4, 0.5) is 10.1 Å². The molecular formula is C28H19FN4O4. The van der Waals surface area contributed by atoms with Crippen molar-refractivity contribution in [1.29, 1.82) is 0 Å². The van der Waals surface area contributed by atoms with Crippen molar-refractivity contribution in [2.24, 2.45) is 0 Å². The number of carbonyl (C=O) groups is 1. The number of ketones is 1. The molecule has 1 aromatic heterocycles. The van der Waals surface area contributed by atoms with E-state index in [1.54, 1.807) is 24.4 Å². The number of nitro groups is 1. The molecule has 1 heterocycles. The van der Waals surface area contributed by atoms with Gasteiger partial charge in [0.25, 0.3) is 5.69 Å². The predicted molar refractivity (Wildman–Crippen MR) is 136 cm³/mol. The van der Waals surface area contributed by atoms with Crippen LogP contribution >= 0.6 is 0 Å². The van der Waals surface area contributed by atoms with Crippen molar-refractivity contribution < 1.29 is 18.8 Å². The monoisotopic (exact) mass is 494 g/mol. The Morgan fingerprint density at radius 3 is 2.51 bits per heavy atom. The predicted octanol–water partition coefficient (Wildman–Crippen LogP) is 5.94. The molecule has 182 valence electrons. The Bertz CT molecular complexity index is 1630. The molecule has 37 heavy (non-hydrogen) atoms. The highest BCUT2D eigenvalue weighted by molar-refractivity contribution is 6.08. The van der Waals surface area contributed by atoms with Crippen molar-refractivity contribution in [1.82, 2.24) is 15.0 Å². The second-order valence-corrected chi connectivity index (χ2v) is 8.12. The van der Waals surface area contributed by atoms with E-state index in [0.717, 1.165) is 10.8 Å². The Morgan fingerprint density at radius 1 is 1.00 bits per heavy atom. The summed E-state index contributed by atoms with van der Waals surface area (Å²) in [5, 5.41) is 20.9. The van der Waals surface area contributed by atoms with Gasteiger partial charge in [0.2, 0.25) is 0 Å². The summed E-state index contributed by atoms with van der Waals surface area (Å²) in [6.07, 6.45) is 4.79. The number of aromatic nitrogens is 3. The number of ether oxygens (including phenoxy) is 1. The van der Waals surface area contributed by atoms with E-state index in [-0.39, 0.29) is 23.9 Å².